The van der Waals surface area contributed by atoms with E-state index < -0.39 is 11.9 Å². The number of hydrogen-bond donors (Lipinski definition) is 0. The molecule has 0 spiro atoms. The second-order valence-corrected chi connectivity index (χ2v) is 18.3. The third kappa shape index (κ3) is 25.0. The topological polar surface area (TPSA) is 52.6 Å². The van der Waals surface area contributed by atoms with Crippen LogP contribution in [0.1, 0.15) is 262 Å². The summed E-state index contributed by atoms with van der Waals surface area (Å²) in [5.41, 5.74) is 5.02. The van der Waals surface area contributed by atoms with Gasteiger partial charge in [0.05, 0.1) is 11.1 Å². The lowest BCUT2D eigenvalue weighted by Gasteiger charge is -2.13. The number of carbonyl (C=O) groups excluding carboxylic acids is 2. The molecule has 62 heavy (non-hydrogen) atoms. The average Bonchev–Trinajstić information content (AvgIpc) is 3.30. The third-order valence-corrected chi connectivity index (χ3v) is 12.9. The number of benzene rings is 3. The Morgan fingerprint density at radius 1 is 0.306 bits per heavy atom. The molecular weight excluding hydrogens is 761 g/mol. The molecule has 3 rings (SSSR count). The Balaban J connectivity index is 1.29. The van der Waals surface area contributed by atoms with E-state index in [4.69, 9.17) is 9.47 Å². The normalized spacial score (nSPS) is 11.3. The van der Waals surface area contributed by atoms with Gasteiger partial charge in [0.15, 0.2) is 0 Å². The van der Waals surface area contributed by atoms with E-state index in [0.717, 1.165) is 36.8 Å². The summed E-state index contributed by atoms with van der Waals surface area (Å²) in [6, 6.07) is 23.4. The van der Waals surface area contributed by atoms with Gasteiger partial charge in [0.1, 0.15) is 13.2 Å². The van der Waals surface area contributed by atoms with Crippen LogP contribution in [0.4, 0.5) is 0 Å². The fraction of sp³-hybridized carbons (Fsp3) is 0.655. The largest absolute Gasteiger partial charge is 0.457 e. The van der Waals surface area contributed by atoms with Crippen LogP contribution in [0.2, 0.25) is 0 Å². The molecule has 0 heterocycles. The standard InChI is InChI=1S/C58H90O4/c1-3-5-7-9-11-13-15-17-19-21-23-25-27-29-31-33-41-51-43-35-37-45-53(51)49-61-57(59)55-47-39-40-48-56(55)58(60)62-50-54-46-38-36-44-52(54)42-34-32-30-28-26-24-22-20-18-16-14-12-10-8-6-4-2/h35-40,43-48H,3-34,41-42,49-50H2,1-2H3. The zero-order chi connectivity index (χ0) is 44.0. The van der Waals surface area contributed by atoms with Crippen LogP contribution in [-0.2, 0) is 35.5 Å². The molecule has 346 valence electrons. The van der Waals surface area contributed by atoms with Gasteiger partial charge in [-0.1, -0.05) is 267 Å². The maximum Gasteiger partial charge on any atom is 0.339 e. The summed E-state index contributed by atoms with van der Waals surface area (Å²) < 4.78 is 11.7. The predicted octanol–water partition coefficient (Wildman–Crippen LogP) is 18.0. The smallest absolute Gasteiger partial charge is 0.339 e. The van der Waals surface area contributed by atoms with E-state index in [2.05, 4.69) is 38.1 Å². The van der Waals surface area contributed by atoms with E-state index in [0.29, 0.717) is 0 Å². The fourth-order valence-corrected chi connectivity index (χ4v) is 8.89. The molecule has 3 aromatic rings. The SMILES string of the molecule is CCCCCCCCCCCCCCCCCCc1ccccc1COC(=O)c1ccccc1C(=O)OCc1ccccc1CCCCCCCCCCCCCCCCCC. The van der Waals surface area contributed by atoms with Crippen molar-refractivity contribution in [2.75, 3.05) is 0 Å². The summed E-state index contributed by atoms with van der Waals surface area (Å²) in [6.07, 6.45) is 45.5. The first kappa shape index (κ1) is 52.9. The summed E-state index contributed by atoms with van der Waals surface area (Å²) in [5.74, 6) is -1.00. The van der Waals surface area contributed by atoms with Crippen LogP contribution >= 0.6 is 0 Å². The number of ether oxygens (including phenoxy) is 2. The first-order chi connectivity index (χ1) is 30.6. The van der Waals surface area contributed by atoms with Crippen LogP contribution in [0.3, 0.4) is 0 Å². The molecule has 0 atom stereocenters. The molecule has 0 amide bonds. The average molecular weight is 851 g/mol. The van der Waals surface area contributed by atoms with Crippen molar-refractivity contribution >= 4 is 11.9 Å². The zero-order valence-electron chi connectivity index (χ0n) is 40.0. The van der Waals surface area contributed by atoms with E-state index in [1.54, 1.807) is 24.3 Å². The van der Waals surface area contributed by atoms with Crippen molar-refractivity contribution in [2.45, 2.75) is 245 Å². The van der Waals surface area contributed by atoms with Gasteiger partial charge < -0.3 is 9.47 Å². The van der Waals surface area contributed by atoms with Gasteiger partial charge in [-0.05, 0) is 60.1 Å². The summed E-state index contributed by atoms with van der Waals surface area (Å²) in [4.78, 5) is 26.8. The van der Waals surface area contributed by atoms with Crippen LogP contribution in [0.25, 0.3) is 0 Å². The van der Waals surface area contributed by atoms with Gasteiger partial charge in [-0.2, -0.15) is 0 Å². The van der Waals surface area contributed by atoms with Crippen LogP contribution < -0.4 is 0 Å². The second-order valence-electron chi connectivity index (χ2n) is 18.3. The van der Waals surface area contributed by atoms with E-state index in [9.17, 15) is 9.59 Å². The lowest BCUT2D eigenvalue weighted by atomic mass is 10.00. The molecule has 0 saturated carbocycles. The molecule has 3 aromatic carbocycles. The number of unbranched alkanes of at least 4 members (excludes halogenated alkanes) is 30. The molecule has 0 aliphatic heterocycles. The Labute approximate surface area is 381 Å². The molecule has 0 N–H and O–H groups in total. The van der Waals surface area contributed by atoms with Crippen LogP contribution in [-0.4, -0.2) is 11.9 Å². The summed E-state index contributed by atoms with van der Waals surface area (Å²) in [7, 11) is 0. The lowest BCUT2D eigenvalue weighted by Crippen LogP contribution is -2.14. The Hall–Kier alpha value is -3.40. The second kappa shape index (κ2) is 37.0. The molecule has 0 radical (unpaired) electrons. The Morgan fingerprint density at radius 2 is 0.532 bits per heavy atom. The molecule has 4 heteroatoms. The molecule has 0 aliphatic carbocycles. The van der Waals surface area contributed by atoms with E-state index in [1.165, 1.54) is 204 Å². The van der Waals surface area contributed by atoms with E-state index >= 15 is 0 Å². The van der Waals surface area contributed by atoms with Gasteiger partial charge >= 0.3 is 11.9 Å². The van der Waals surface area contributed by atoms with Gasteiger partial charge in [-0.25, -0.2) is 9.59 Å². The number of carbonyl (C=O) groups is 2. The number of rotatable bonds is 40. The van der Waals surface area contributed by atoms with Gasteiger partial charge in [-0.15, -0.1) is 0 Å². The minimum absolute atomic E-state index is 0.185. The van der Waals surface area contributed by atoms with Crippen molar-refractivity contribution in [3.8, 4) is 0 Å². The van der Waals surface area contributed by atoms with Crippen molar-refractivity contribution in [3.05, 3.63) is 106 Å². The highest BCUT2D eigenvalue weighted by atomic mass is 16.5. The van der Waals surface area contributed by atoms with Crippen LogP contribution in [0, 0.1) is 0 Å². The monoisotopic (exact) mass is 851 g/mol. The molecule has 0 bridgehead atoms. The molecule has 0 saturated heterocycles. The number of aryl methyl sites for hydroxylation is 2. The Bertz CT molecular complexity index is 1430. The molecule has 0 aliphatic rings. The van der Waals surface area contributed by atoms with Gasteiger partial charge in [0.2, 0.25) is 0 Å². The molecule has 0 fully saturated rings. The first-order valence-electron chi connectivity index (χ1n) is 26.2. The van der Waals surface area contributed by atoms with Gasteiger partial charge in [0.25, 0.3) is 0 Å². The van der Waals surface area contributed by atoms with Crippen LogP contribution in [0.15, 0.2) is 72.8 Å². The number of hydrogen-bond acceptors (Lipinski definition) is 4. The van der Waals surface area contributed by atoms with Crippen molar-refractivity contribution in [3.63, 3.8) is 0 Å². The fourth-order valence-electron chi connectivity index (χ4n) is 8.89. The summed E-state index contributed by atoms with van der Waals surface area (Å²) >= 11 is 0. The third-order valence-electron chi connectivity index (χ3n) is 12.9. The zero-order valence-corrected chi connectivity index (χ0v) is 40.0. The molecule has 4 nitrogen and oxygen atoms in total. The van der Waals surface area contributed by atoms with Crippen molar-refractivity contribution < 1.29 is 19.1 Å². The molecule has 0 aromatic heterocycles. The first-order valence-corrected chi connectivity index (χ1v) is 26.2. The molecular formula is C58H90O4. The van der Waals surface area contributed by atoms with E-state index in [-0.39, 0.29) is 24.3 Å². The minimum atomic E-state index is -0.501. The summed E-state index contributed by atoms with van der Waals surface area (Å²) in [6.45, 7) is 4.94. The van der Waals surface area contributed by atoms with Crippen molar-refractivity contribution in [1.82, 2.24) is 0 Å². The maximum atomic E-state index is 13.4. The minimum Gasteiger partial charge on any atom is -0.457 e. The summed E-state index contributed by atoms with van der Waals surface area (Å²) in [5, 5.41) is 0. The lowest BCUT2D eigenvalue weighted by molar-refractivity contribution is 0.0424. The van der Waals surface area contributed by atoms with Gasteiger partial charge in [-0.3, -0.25) is 0 Å². The van der Waals surface area contributed by atoms with Crippen molar-refractivity contribution in [1.29, 1.82) is 0 Å². The highest BCUT2D eigenvalue weighted by Crippen LogP contribution is 2.21. The Kier molecular flexibility index (Phi) is 31.6. The highest BCUT2D eigenvalue weighted by molar-refractivity contribution is 6.03. The quantitative estimate of drug-likeness (QED) is 0.0422. The van der Waals surface area contributed by atoms with Crippen LogP contribution in [0.5, 0.6) is 0 Å². The Morgan fingerprint density at radius 3 is 0.806 bits per heavy atom. The van der Waals surface area contributed by atoms with E-state index in [1.807, 2.05) is 24.3 Å². The van der Waals surface area contributed by atoms with Crippen molar-refractivity contribution in [2.24, 2.45) is 0 Å². The highest BCUT2D eigenvalue weighted by Gasteiger charge is 2.20. The number of esters is 2. The maximum absolute atomic E-state index is 13.4. The van der Waals surface area contributed by atoms with Gasteiger partial charge in [0, 0.05) is 0 Å². The predicted molar refractivity (Wildman–Crippen MR) is 264 cm³/mol. The molecule has 0 unspecified atom stereocenters.